The lowest BCUT2D eigenvalue weighted by Gasteiger charge is -2.12. The molecule has 0 fully saturated rings. The molecule has 0 saturated heterocycles. The van der Waals surface area contributed by atoms with Crippen LogP contribution < -0.4 is 9.47 Å². The average Bonchev–Trinajstić information content (AvgIpc) is 2.82. The van der Waals surface area contributed by atoms with Crippen LogP contribution in [0.3, 0.4) is 0 Å². The van der Waals surface area contributed by atoms with Gasteiger partial charge in [-0.1, -0.05) is 24.3 Å². The number of esters is 1. The smallest absolute Gasteiger partial charge is 0.373 e. The van der Waals surface area contributed by atoms with E-state index < -0.39 is 5.97 Å². The third kappa shape index (κ3) is 6.24. The molecule has 166 valence electrons. The lowest BCUT2D eigenvalue weighted by molar-refractivity contribution is -0.191. The maximum absolute atomic E-state index is 11.9. The first kappa shape index (κ1) is 23.2. The standard InChI is InChI=1S/C24H20N2O4.CO2/c1-16-6-8-22-20(10-16)25-15-26-21-12-19(24(27)28-2)7-9-23(21)30-14-18-5-3-4-17(11-18)13-29-22;2-1-3/h3-12H,13-14H2,1-2H3;. The Balaban J connectivity index is 0.000000968. The lowest BCUT2D eigenvalue weighted by atomic mass is 10.1. The Morgan fingerprint density at radius 1 is 0.909 bits per heavy atom. The second kappa shape index (κ2) is 11.2. The Labute approximate surface area is 190 Å². The van der Waals surface area contributed by atoms with Gasteiger partial charge in [-0.05, 0) is 60.0 Å². The van der Waals surface area contributed by atoms with E-state index in [1.165, 1.54) is 7.11 Å². The van der Waals surface area contributed by atoms with Crippen LogP contribution in [0.5, 0.6) is 11.5 Å². The van der Waals surface area contributed by atoms with E-state index in [0.717, 1.165) is 16.7 Å². The highest BCUT2D eigenvalue weighted by Gasteiger charge is 2.12. The van der Waals surface area contributed by atoms with Crippen molar-refractivity contribution in [3.8, 4) is 11.5 Å². The van der Waals surface area contributed by atoms with Crippen LogP contribution in [0, 0.1) is 6.92 Å². The number of rotatable bonds is 1. The van der Waals surface area contributed by atoms with E-state index >= 15 is 0 Å². The van der Waals surface area contributed by atoms with Crippen molar-refractivity contribution < 1.29 is 28.6 Å². The highest BCUT2D eigenvalue weighted by Crippen LogP contribution is 2.32. The van der Waals surface area contributed by atoms with Crippen LogP contribution in [0.15, 0.2) is 70.6 Å². The van der Waals surface area contributed by atoms with Crippen molar-refractivity contribution in [2.75, 3.05) is 7.11 Å². The second-order valence-corrected chi connectivity index (χ2v) is 6.95. The van der Waals surface area contributed by atoms with E-state index in [-0.39, 0.29) is 6.15 Å². The zero-order valence-corrected chi connectivity index (χ0v) is 18.0. The number of benzene rings is 3. The van der Waals surface area contributed by atoms with Crippen LogP contribution >= 0.6 is 0 Å². The number of carbonyl (C=O) groups excluding carboxylic acids is 3. The molecule has 1 heterocycles. The number of aryl methyl sites for hydroxylation is 1. The number of fused-ring (bicyclic) bond motifs is 4. The summed E-state index contributed by atoms with van der Waals surface area (Å²) in [5.41, 5.74) is 4.50. The van der Waals surface area contributed by atoms with E-state index in [2.05, 4.69) is 16.0 Å². The zero-order chi connectivity index (χ0) is 23.6. The van der Waals surface area contributed by atoms with Crippen molar-refractivity contribution in [3.63, 3.8) is 0 Å². The average molecular weight is 444 g/mol. The molecule has 3 aromatic carbocycles. The molecule has 0 aromatic heterocycles. The van der Waals surface area contributed by atoms with Crippen LogP contribution in [0.25, 0.3) is 0 Å². The molecular formula is C25H20N2O6. The summed E-state index contributed by atoms with van der Waals surface area (Å²) in [4.78, 5) is 36.8. The first-order chi connectivity index (χ1) is 16.0. The molecule has 0 aliphatic carbocycles. The molecule has 3 aromatic rings. The van der Waals surface area contributed by atoms with Crippen LogP contribution in [0.2, 0.25) is 0 Å². The Morgan fingerprint density at radius 2 is 1.48 bits per heavy atom. The van der Waals surface area contributed by atoms with Gasteiger partial charge in [0.2, 0.25) is 0 Å². The largest absolute Gasteiger partial charge is 0.487 e. The summed E-state index contributed by atoms with van der Waals surface area (Å²) < 4.78 is 16.7. The fourth-order valence-electron chi connectivity index (χ4n) is 3.07. The van der Waals surface area contributed by atoms with Gasteiger partial charge in [-0.2, -0.15) is 19.6 Å². The van der Waals surface area contributed by atoms with Crippen molar-refractivity contribution in [3.05, 3.63) is 82.9 Å². The van der Waals surface area contributed by atoms with Crippen molar-refractivity contribution in [1.29, 1.82) is 0 Å². The van der Waals surface area contributed by atoms with Gasteiger partial charge in [0.15, 0.2) is 0 Å². The summed E-state index contributed by atoms with van der Waals surface area (Å²) in [6.45, 7) is 2.74. The molecule has 8 heteroatoms. The summed E-state index contributed by atoms with van der Waals surface area (Å²) in [6, 6.07) is 21.4. The number of ether oxygens (including phenoxy) is 3. The molecule has 2 bridgehead atoms. The van der Waals surface area contributed by atoms with Crippen LogP contribution in [0.4, 0.5) is 11.4 Å². The van der Waals surface area contributed by atoms with Crippen molar-refractivity contribution >= 4 is 29.5 Å². The van der Waals surface area contributed by atoms with Gasteiger partial charge >= 0.3 is 12.1 Å². The first-order valence-electron chi connectivity index (χ1n) is 9.86. The lowest BCUT2D eigenvalue weighted by Crippen LogP contribution is -2.02. The van der Waals surface area contributed by atoms with Crippen LogP contribution in [-0.4, -0.2) is 25.2 Å². The molecule has 8 nitrogen and oxygen atoms in total. The normalized spacial score (nSPS) is 11.7. The fraction of sp³-hybridized carbons (Fsp3) is 0.160. The molecule has 4 rings (SSSR count). The number of carbonyl (C=O) groups is 1. The predicted octanol–water partition coefficient (Wildman–Crippen LogP) is 4.81. The molecule has 0 radical (unpaired) electrons. The third-order valence-corrected chi connectivity index (χ3v) is 4.62. The summed E-state index contributed by atoms with van der Waals surface area (Å²) in [5, 5.41) is 0. The highest BCUT2D eigenvalue weighted by molar-refractivity contribution is 5.91. The maximum Gasteiger partial charge on any atom is 0.373 e. The summed E-state index contributed by atoms with van der Waals surface area (Å²) in [5.74, 6) is 0.713. The molecule has 0 saturated carbocycles. The van der Waals surface area contributed by atoms with E-state index in [9.17, 15) is 4.79 Å². The fourth-order valence-corrected chi connectivity index (χ4v) is 3.07. The maximum atomic E-state index is 11.9. The van der Waals surface area contributed by atoms with Crippen LogP contribution in [0.1, 0.15) is 27.0 Å². The van der Waals surface area contributed by atoms with Gasteiger partial charge in [-0.3, -0.25) is 0 Å². The minimum Gasteiger partial charge on any atom is -0.487 e. The van der Waals surface area contributed by atoms with Gasteiger partial charge in [-0.15, -0.1) is 0 Å². The van der Waals surface area contributed by atoms with Gasteiger partial charge in [-0.25, -0.2) is 4.79 Å². The Bertz CT molecular complexity index is 1260. The van der Waals surface area contributed by atoms with Gasteiger partial charge in [0.1, 0.15) is 42.1 Å². The second-order valence-electron chi connectivity index (χ2n) is 6.95. The van der Waals surface area contributed by atoms with Gasteiger partial charge in [0.05, 0.1) is 12.7 Å². The molecule has 0 amide bonds. The summed E-state index contributed by atoms with van der Waals surface area (Å²) in [7, 11) is 1.34. The van der Waals surface area contributed by atoms with E-state index in [0.29, 0.717) is 41.7 Å². The van der Waals surface area contributed by atoms with Gasteiger partial charge < -0.3 is 14.2 Å². The zero-order valence-electron chi connectivity index (χ0n) is 18.0. The minimum atomic E-state index is -0.452. The molecule has 1 aliphatic heterocycles. The Kier molecular flexibility index (Phi) is 7.86. The molecular weight excluding hydrogens is 424 g/mol. The van der Waals surface area contributed by atoms with E-state index in [4.69, 9.17) is 23.8 Å². The minimum absolute atomic E-state index is 0.250. The van der Waals surface area contributed by atoms with E-state index in [1.807, 2.05) is 49.4 Å². The number of aliphatic imine (C=N–C) groups is 2. The quantitative estimate of drug-likeness (QED) is 0.499. The SMILES string of the molecule is COC(=O)c1ccc2c(c1)N=C=Nc1cc(C)ccc1OCc1cccc(c1)CO2.O=C=O. The first-order valence-corrected chi connectivity index (χ1v) is 9.86. The van der Waals surface area contributed by atoms with E-state index in [1.54, 1.807) is 18.2 Å². The van der Waals surface area contributed by atoms with Crippen molar-refractivity contribution in [2.45, 2.75) is 20.1 Å². The van der Waals surface area contributed by atoms with Crippen LogP contribution in [-0.2, 0) is 27.5 Å². The predicted molar refractivity (Wildman–Crippen MR) is 118 cm³/mol. The molecule has 33 heavy (non-hydrogen) atoms. The molecule has 0 N–H and O–H groups in total. The molecule has 0 spiro atoms. The third-order valence-electron chi connectivity index (χ3n) is 4.62. The summed E-state index contributed by atoms with van der Waals surface area (Å²) in [6.07, 6.45) is 0.250. The number of hydrogen-bond acceptors (Lipinski definition) is 8. The monoisotopic (exact) mass is 444 g/mol. The number of methoxy groups -OCH3 is 1. The highest BCUT2D eigenvalue weighted by atomic mass is 16.5. The number of hydrogen-bond donors (Lipinski definition) is 0. The van der Waals surface area contributed by atoms with Gasteiger partial charge in [0, 0.05) is 0 Å². The molecule has 1 aliphatic rings. The Hall–Kier alpha value is -4.51. The van der Waals surface area contributed by atoms with Gasteiger partial charge in [0.25, 0.3) is 0 Å². The molecule has 0 unspecified atom stereocenters. The van der Waals surface area contributed by atoms with Crippen molar-refractivity contribution in [1.82, 2.24) is 0 Å². The molecule has 0 atom stereocenters. The Morgan fingerprint density at radius 3 is 2.09 bits per heavy atom. The number of nitrogens with zero attached hydrogens (tertiary/aromatic N) is 2. The topological polar surface area (TPSA) is 104 Å². The van der Waals surface area contributed by atoms with Crippen molar-refractivity contribution in [2.24, 2.45) is 9.98 Å². The summed E-state index contributed by atoms with van der Waals surface area (Å²) >= 11 is 0.